The number of aromatic nitrogens is 1. The van der Waals surface area contributed by atoms with Gasteiger partial charge in [-0.3, -0.25) is 0 Å². The van der Waals surface area contributed by atoms with E-state index >= 15 is 0 Å². The summed E-state index contributed by atoms with van der Waals surface area (Å²) < 4.78 is 6.69. The first-order chi connectivity index (χ1) is 9.26. The van der Waals surface area contributed by atoms with Crippen LogP contribution in [0.1, 0.15) is 33.6 Å². The van der Waals surface area contributed by atoms with Gasteiger partial charge in [-0.15, -0.1) is 0 Å². The summed E-state index contributed by atoms with van der Waals surface area (Å²) in [5.41, 5.74) is 1.04. The molecule has 0 bridgehead atoms. The molecule has 19 heavy (non-hydrogen) atoms. The molecule has 1 aromatic carbocycles. The molecule has 0 atom stereocenters. The monoisotopic (exact) mass is 278 g/mol. The summed E-state index contributed by atoms with van der Waals surface area (Å²) in [6.45, 7) is 8.18. The second-order valence-corrected chi connectivity index (χ2v) is 5.68. The van der Waals surface area contributed by atoms with Crippen molar-refractivity contribution in [2.24, 2.45) is 5.92 Å². The Morgan fingerprint density at radius 2 is 2.05 bits per heavy atom. The van der Waals surface area contributed by atoms with Crippen LogP contribution in [-0.2, 0) is 0 Å². The zero-order valence-corrected chi connectivity index (χ0v) is 12.7. The van der Waals surface area contributed by atoms with E-state index in [-0.39, 0.29) is 0 Å². The van der Waals surface area contributed by atoms with E-state index in [0.717, 1.165) is 28.9 Å². The zero-order valence-electron chi connectivity index (χ0n) is 11.9. The molecule has 3 nitrogen and oxygen atoms in total. The smallest absolute Gasteiger partial charge is 0.183 e. The van der Waals surface area contributed by atoms with Crippen LogP contribution in [0.15, 0.2) is 18.2 Å². The zero-order chi connectivity index (χ0) is 13.7. The number of ether oxygens (including phenoxy) is 1. The Morgan fingerprint density at radius 1 is 1.26 bits per heavy atom. The van der Waals surface area contributed by atoms with Crippen molar-refractivity contribution < 1.29 is 4.74 Å². The Bertz CT molecular complexity index is 520. The first kappa shape index (κ1) is 14.1. The van der Waals surface area contributed by atoms with Gasteiger partial charge in [0.15, 0.2) is 5.13 Å². The molecule has 0 saturated heterocycles. The van der Waals surface area contributed by atoms with Crippen molar-refractivity contribution in [3.05, 3.63) is 18.2 Å². The molecule has 1 N–H and O–H groups in total. The van der Waals surface area contributed by atoms with Crippen LogP contribution in [0, 0.1) is 5.92 Å². The normalized spacial score (nSPS) is 11.2. The number of nitrogens with one attached hydrogen (secondary N) is 1. The Morgan fingerprint density at radius 3 is 2.74 bits per heavy atom. The molecule has 0 fully saturated rings. The minimum atomic E-state index is 0.699. The second-order valence-electron chi connectivity index (χ2n) is 4.64. The molecule has 0 saturated carbocycles. The molecule has 0 amide bonds. The standard InChI is InChI=1S/C15H22N2OS/c1-4-11(5-2)10-16-15-17-13-8-7-12(18-6-3)9-14(13)19-15/h7-9,11H,4-6,10H2,1-3H3,(H,16,17). The van der Waals surface area contributed by atoms with Gasteiger partial charge in [0, 0.05) is 6.54 Å². The maximum absolute atomic E-state index is 5.51. The molecular weight excluding hydrogens is 256 g/mol. The van der Waals surface area contributed by atoms with Crippen LogP contribution in [0.4, 0.5) is 5.13 Å². The number of rotatable bonds is 7. The summed E-state index contributed by atoms with van der Waals surface area (Å²) >= 11 is 1.70. The van der Waals surface area contributed by atoms with Crippen LogP contribution in [0.3, 0.4) is 0 Å². The highest BCUT2D eigenvalue weighted by molar-refractivity contribution is 7.22. The predicted molar refractivity (Wildman–Crippen MR) is 83.4 cm³/mol. The maximum Gasteiger partial charge on any atom is 0.183 e. The van der Waals surface area contributed by atoms with Crippen molar-refractivity contribution in [3.63, 3.8) is 0 Å². The topological polar surface area (TPSA) is 34.1 Å². The SMILES string of the molecule is CCOc1ccc2nc(NCC(CC)CC)sc2c1. The summed E-state index contributed by atoms with van der Waals surface area (Å²) in [5.74, 6) is 1.65. The third-order valence-electron chi connectivity index (χ3n) is 3.37. The molecule has 0 aliphatic rings. The van der Waals surface area contributed by atoms with Crippen LogP contribution in [0.2, 0.25) is 0 Å². The summed E-state index contributed by atoms with van der Waals surface area (Å²) in [6, 6.07) is 6.08. The Kier molecular flexibility index (Phi) is 5.02. The molecule has 0 radical (unpaired) electrons. The van der Waals surface area contributed by atoms with Gasteiger partial charge < -0.3 is 10.1 Å². The highest BCUT2D eigenvalue weighted by Crippen LogP contribution is 2.29. The van der Waals surface area contributed by atoms with E-state index < -0.39 is 0 Å². The number of nitrogens with zero attached hydrogens (tertiary/aromatic N) is 1. The predicted octanol–water partition coefficient (Wildman–Crippen LogP) is 4.54. The number of hydrogen-bond acceptors (Lipinski definition) is 4. The number of fused-ring (bicyclic) bond motifs is 1. The van der Waals surface area contributed by atoms with Crippen molar-refractivity contribution in [1.82, 2.24) is 4.98 Å². The lowest BCUT2D eigenvalue weighted by atomic mass is 10.0. The van der Waals surface area contributed by atoms with Gasteiger partial charge in [-0.05, 0) is 31.0 Å². The van der Waals surface area contributed by atoms with Gasteiger partial charge in [-0.2, -0.15) is 0 Å². The summed E-state index contributed by atoms with van der Waals surface area (Å²) in [4.78, 5) is 4.61. The number of thiazole rings is 1. The van der Waals surface area contributed by atoms with Gasteiger partial charge >= 0.3 is 0 Å². The van der Waals surface area contributed by atoms with E-state index in [9.17, 15) is 0 Å². The van der Waals surface area contributed by atoms with Crippen molar-refractivity contribution >= 4 is 26.7 Å². The number of anilines is 1. The largest absolute Gasteiger partial charge is 0.494 e. The molecule has 4 heteroatoms. The van der Waals surface area contributed by atoms with E-state index in [4.69, 9.17) is 4.74 Å². The lowest BCUT2D eigenvalue weighted by Crippen LogP contribution is -2.12. The third-order valence-corrected chi connectivity index (χ3v) is 4.34. The molecule has 0 spiro atoms. The fraction of sp³-hybridized carbons (Fsp3) is 0.533. The first-order valence-electron chi connectivity index (χ1n) is 7.04. The lowest BCUT2D eigenvalue weighted by Gasteiger charge is -2.11. The molecule has 0 aliphatic heterocycles. The van der Waals surface area contributed by atoms with E-state index in [0.29, 0.717) is 6.61 Å². The third kappa shape index (κ3) is 3.60. The maximum atomic E-state index is 5.51. The Balaban J connectivity index is 2.08. The highest BCUT2D eigenvalue weighted by atomic mass is 32.1. The fourth-order valence-corrected chi connectivity index (χ4v) is 2.95. The average Bonchev–Trinajstić information content (AvgIpc) is 2.82. The van der Waals surface area contributed by atoms with Gasteiger partial charge in [-0.25, -0.2) is 4.98 Å². The average molecular weight is 278 g/mol. The lowest BCUT2D eigenvalue weighted by molar-refractivity contribution is 0.341. The Labute approximate surface area is 119 Å². The quantitative estimate of drug-likeness (QED) is 0.807. The van der Waals surface area contributed by atoms with Crippen molar-refractivity contribution in [1.29, 1.82) is 0 Å². The minimum absolute atomic E-state index is 0.699. The van der Waals surface area contributed by atoms with Gasteiger partial charge in [-0.1, -0.05) is 38.0 Å². The summed E-state index contributed by atoms with van der Waals surface area (Å²) in [5, 5.41) is 4.46. The molecule has 0 aliphatic carbocycles. The van der Waals surface area contributed by atoms with Gasteiger partial charge in [0.25, 0.3) is 0 Å². The Hall–Kier alpha value is -1.29. The van der Waals surface area contributed by atoms with Crippen LogP contribution >= 0.6 is 11.3 Å². The second kappa shape index (κ2) is 6.75. The number of benzene rings is 1. The highest BCUT2D eigenvalue weighted by Gasteiger charge is 2.07. The summed E-state index contributed by atoms with van der Waals surface area (Å²) in [6.07, 6.45) is 2.42. The molecule has 2 rings (SSSR count). The van der Waals surface area contributed by atoms with Crippen molar-refractivity contribution in [2.75, 3.05) is 18.5 Å². The van der Waals surface area contributed by atoms with Crippen LogP contribution < -0.4 is 10.1 Å². The van der Waals surface area contributed by atoms with Gasteiger partial charge in [0.1, 0.15) is 5.75 Å². The molecule has 104 valence electrons. The van der Waals surface area contributed by atoms with Gasteiger partial charge in [0.05, 0.1) is 16.8 Å². The van der Waals surface area contributed by atoms with Crippen molar-refractivity contribution in [2.45, 2.75) is 33.6 Å². The fourth-order valence-electron chi connectivity index (χ4n) is 2.05. The minimum Gasteiger partial charge on any atom is -0.494 e. The van der Waals surface area contributed by atoms with E-state index in [2.05, 4.69) is 30.2 Å². The van der Waals surface area contributed by atoms with E-state index in [1.807, 2.05) is 19.1 Å². The van der Waals surface area contributed by atoms with Crippen LogP contribution in [0.5, 0.6) is 5.75 Å². The molecule has 1 heterocycles. The van der Waals surface area contributed by atoms with Crippen LogP contribution in [-0.4, -0.2) is 18.1 Å². The van der Waals surface area contributed by atoms with E-state index in [1.54, 1.807) is 11.3 Å². The first-order valence-corrected chi connectivity index (χ1v) is 7.85. The molecular formula is C15H22N2OS. The summed E-state index contributed by atoms with van der Waals surface area (Å²) in [7, 11) is 0. The molecule has 0 unspecified atom stereocenters. The van der Waals surface area contributed by atoms with Crippen LogP contribution in [0.25, 0.3) is 10.2 Å². The molecule has 1 aromatic heterocycles. The number of hydrogen-bond donors (Lipinski definition) is 1. The van der Waals surface area contributed by atoms with E-state index in [1.165, 1.54) is 17.5 Å². The van der Waals surface area contributed by atoms with Gasteiger partial charge in [0.2, 0.25) is 0 Å². The van der Waals surface area contributed by atoms with Crippen molar-refractivity contribution in [3.8, 4) is 5.75 Å². The molecule has 2 aromatic rings.